The average molecular weight is 265 g/mol. The molecule has 0 aromatic heterocycles. The van der Waals surface area contributed by atoms with Gasteiger partial charge in [-0.1, -0.05) is 33.8 Å². The van der Waals surface area contributed by atoms with E-state index in [9.17, 15) is 9.50 Å². The number of aromatic hydroxyl groups is 1. The van der Waals surface area contributed by atoms with Gasteiger partial charge in [-0.25, -0.2) is 4.39 Å². The zero-order valence-electron chi connectivity index (χ0n) is 12.4. The van der Waals surface area contributed by atoms with Crippen LogP contribution in [0.15, 0.2) is 18.2 Å². The van der Waals surface area contributed by atoms with Crippen LogP contribution in [0, 0.1) is 22.6 Å². The number of phenols is 1. The average Bonchev–Trinajstić information content (AvgIpc) is 2.66. The summed E-state index contributed by atoms with van der Waals surface area (Å²) in [6.07, 6.45) is 0. The van der Waals surface area contributed by atoms with Gasteiger partial charge in [0.2, 0.25) is 0 Å². The van der Waals surface area contributed by atoms with Crippen LogP contribution in [-0.4, -0.2) is 11.7 Å². The molecular formula is C16H24FNO. The summed E-state index contributed by atoms with van der Waals surface area (Å²) in [5.74, 6) is 0.231. The third-order valence-electron chi connectivity index (χ3n) is 5.40. The number of halogens is 1. The van der Waals surface area contributed by atoms with Crippen LogP contribution in [0.4, 0.5) is 4.39 Å². The van der Waals surface area contributed by atoms with Gasteiger partial charge in [-0.3, -0.25) is 0 Å². The molecule has 0 saturated heterocycles. The Bertz CT molecular complexity index is 468. The summed E-state index contributed by atoms with van der Waals surface area (Å²) in [7, 11) is 0. The molecule has 1 aliphatic rings. The number of nitrogens with one attached hydrogen (secondary N) is 1. The lowest BCUT2D eigenvalue weighted by atomic mass is 10.0. The topological polar surface area (TPSA) is 32.3 Å². The standard InChI is InChI=1S/C16H24FNO/c1-10(12-7-6-11(19)8-13(12)17)18-9-14-15(2,3)16(14,4)5/h6-8,10,14,18-19H,9H2,1-5H3. The van der Waals surface area contributed by atoms with Crippen LogP contribution in [0.3, 0.4) is 0 Å². The van der Waals surface area contributed by atoms with Crippen LogP contribution in [0.1, 0.15) is 46.2 Å². The van der Waals surface area contributed by atoms with Gasteiger partial charge in [0.15, 0.2) is 0 Å². The van der Waals surface area contributed by atoms with Crippen molar-refractivity contribution in [3.63, 3.8) is 0 Å². The molecule has 1 aromatic rings. The summed E-state index contributed by atoms with van der Waals surface area (Å²) in [4.78, 5) is 0. The molecule has 0 spiro atoms. The molecule has 106 valence electrons. The van der Waals surface area contributed by atoms with Gasteiger partial charge in [-0.05, 0) is 36.3 Å². The predicted octanol–water partition coefficient (Wildman–Crippen LogP) is 3.86. The van der Waals surface area contributed by atoms with Crippen molar-refractivity contribution in [2.45, 2.75) is 40.7 Å². The van der Waals surface area contributed by atoms with Gasteiger partial charge in [-0.15, -0.1) is 0 Å². The van der Waals surface area contributed by atoms with Gasteiger partial charge in [0.05, 0.1) is 0 Å². The van der Waals surface area contributed by atoms with E-state index in [0.717, 1.165) is 6.54 Å². The maximum Gasteiger partial charge on any atom is 0.131 e. The minimum atomic E-state index is -0.352. The third-order valence-corrected chi connectivity index (χ3v) is 5.40. The molecule has 0 heterocycles. The summed E-state index contributed by atoms with van der Waals surface area (Å²) >= 11 is 0. The summed E-state index contributed by atoms with van der Waals surface area (Å²) in [5, 5.41) is 12.6. The van der Waals surface area contributed by atoms with E-state index in [2.05, 4.69) is 33.0 Å². The van der Waals surface area contributed by atoms with Crippen molar-refractivity contribution in [3.8, 4) is 5.75 Å². The van der Waals surface area contributed by atoms with Crippen molar-refractivity contribution in [2.24, 2.45) is 16.7 Å². The van der Waals surface area contributed by atoms with E-state index in [0.29, 0.717) is 22.3 Å². The molecule has 1 saturated carbocycles. The number of phenolic OH excluding ortho intramolecular Hbond substituents is 1. The number of hydrogen-bond donors (Lipinski definition) is 2. The molecule has 1 atom stereocenters. The monoisotopic (exact) mass is 265 g/mol. The van der Waals surface area contributed by atoms with E-state index in [4.69, 9.17) is 0 Å². The maximum atomic E-state index is 13.7. The highest BCUT2D eigenvalue weighted by Gasteiger charge is 2.63. The molecule has 2 nitrogen and oxygen atoms in total. The van der Waals surface area contributed by atoms with Gasteiger partial charge in [0.1, 0.15) is 11.6 Å². The fourth-order valence-electron chi connectivity index (χ4n) is 3.12. The maximum absolute atomic E-state index is 13.7. The summed E-state index contributed by atoms with van der Waals surface area (Å²) in [6.45, 7) is 12.0. The highest BCUT2D eigenvalue weighted by Crippen LogP contribution is 2.68. The first-order valence-electron chi connectivity index (χ1n) is 6.89. The molecule has 0 aliphatic heterocycles. The van der Waals surface area contributed by atoms with Gasteiger partial charge in [0.25, 0.3) is 0 Å². The molecule has 0 bridgehead atoms. The molecule has 1 aromatic carbocycles. The van der Waals surface area contributed by atoms with Crippen molar-refractivity contribution in [2.75, 3.05) is 6.54 Å². The van der Waals surface area contributed by atoms with Gasteiger partial charge >= 0.3 is 0 Å². The third kappa shape index (κ3) is 2.36. The molecular weight excluding hydrogens is 241 g/mol. The van der Waals surface area contributed by atoms with E-state index >= 15 is 0 Å². The first kappa shape index (κ1) is 14.3. The summed E-state index contributed by atoms with van der Waals surface area (Å²) in [6, 6.07) is 4.29. The minimum absolute atomic E-state index is 0.0297. The predicted molar refractivity (Wildman–Crippen MR) is 75.5 cm³/mol. The van der Waals surface area contributed by atoms with Crippen LogP contribution in [0.25, 0.3) is 0 Å². The van der Waals surface area contributed by atoms with Crippen LogP contribution in [0.5, 0.6) is 5.75 Å². The zero-order chi connectivity index (χ0) is 14.4. The molecule has 0 radical (unpaired) electrons. The van der Waals surface area contributed by atoms with Crippen LogP contribution < -0.4 is 5.32 Å². The van der Waals surface area contributed by atoms with E-state index in [-0.39, 0.29) is 17.6 Å². The first-order chi connectivity index (χ1) is 8.68. The molecule has 1 unspecified atom stereocenters. The summed E-state index contributed by atoms with van der Waals surface area (Å²) < 4.78 is 13.7. The second-order valence-corrected chi connectivity index (χ2v) is 6.83. The number of hydrogen-bond acceptors (Lipinski definition) is 2. The Morgan fingerprint density at radius 2 is 1.84 bits per heavy atom. The van der Waals surface area contributed by atoms with Gasteiger partial charge in [-0.2, -0.15) is 0 Å². The Labute approximate surface area is 115 Å². The molecule has 19 heavy (non-hydrogen) atoms. The fourth-order valence-corrected chi connectivity index (χ4v) is 3.12. The smallest absolute Gasteiger partial charge is 0.131 e. The Morgan fingerprint density at radius 1 is 1.26 bits per heavy atom. The van der Waals surface area contributed by atoms with E-state index in [1.807, 2.05) is 6.92 Å². The molecule has 1 aliphatic carbocycles. The summed E-state index contributed by atoms with van der Waals surface area (Å²) in [5.41, 5.74) is 1.29. The zero-order valence-corrected chi connectivity index (χ0v) is 12.4. The van der Waals surface area contributed by atoms with Crippen molar-refractivity contribution in [1.82, 2.24) is 5.32 Å². The Kier molecular flexibility index (Phi) is 3.38. The second kappa shape index (κ2) is 4.48. The number of benzene rings is 1. The van der Waals surface area contributed by atoms with E-state index < -0.39 is 0 Å². The largest absolute Gasteiger partial charge is 0.508 e. The lowest BCUT2D eigenvalue weighted by Gasteiger charge is -2.16. The van der Waals surface area contributed by atoms with Crippen molar-refractivity contribution < 1.29 is 9.50 Å². The lowest BCUT2D eigenvalue weighted by molar-refractivity contribution is 0.456. The highest BCUT2D eigenvalue weighted by atomic mass is 19.1. The van der Waals surface area contributed by atoms with Crippen molar-refractivity contribution >= 4 is 0 Å². The van der Waals surface area contributed by atoms with Crippen LogP contribution >= 0.6 is 0 Å². The molecule has 2 N–H and O–H groups in total. The fraction of sp³-hybridized carbons (Fsp3) is 0.625. The van der Waals surface area contributed by atoms with Crippen LogP contribution in [0.2, 0.25) is 0 Å². The van der Waals surface area contributed by atoms with E-state index in [1.165, 1.54) is 12.1 Å². The molecule has 3 heteroatoms. The minimum Gasteiger partial charge on any atom is -0.508 e. The quantitative estimate of drug-likeness (QED) is 0.866. The Hall–Kier alpha value is -1.09. The molecule has 1 fully saturated rings. The SMILES string of the molecule is CC(NCC1C(C)(C)C1(C)C)c1ccc(O)cc1F. The Balaban J connectivity index is 1.98. The first-order valence-corrected chi connectivity index (χ1v) is 6.89. The highest BCUT2D eigenvalue weighted by molar-refractivity contribution is 5.29. The second-order valence-electron chi connectivity index (χ2n) is 6.83. The lowest BCUT2D eigenvalue weighted by Crippen LogP contribution is -2.23. The van der Waals surface area contributed by atoms with Crippen molar-refractivity contribution in [1.29, 1.82) is 0 Å². The normalized spacial score (nSPS) is 22.2. The van der Waals surface area contributed by atoms with Gasteiger partial charge in [0, 0.05) is 17.7 Å². The van der Waals surface area contributed by atoms with E-state index in [1.54, 1.807) is 6.07 Å². The Morgan fingerprint density at radius 3 is 2.32 bits per heavy atom. The van der Waals surface area contributed by atoms with Crippen molar-refractivity contribution in [3.05, 3.63) is 29.6 Å². The van der Waals surface area contributed by atoms with Crippen LogP contribution in [-0.2, 0) is 0 Å². The number of rotatable bonds is 4. The van der Waals surface area contributed by atoms with Gasteiger partial charge < -0.3 is 10.4 Å². The molecule has 2 rings (SSSR count). The molecule has 0 amide bonds.